The van der Waals surface area contributed by atoms with Crippen molar-refractivity contribution in [2.75, 3.05) is 11.9 Å². The number of carbonyl (C=O) groups is 1. The zero-order valence-corrected chi connectivity index (χ0v) is 9.23. The van der Waals surface area contributed by atoms with Gasteiger partial charge in [-0.15, -0.1) is 0 Å². The molecule has 1 aromatic heterocycles. The Balaban J connectivity index is 2.20. The van der Waals surface area contributed by atoms with Crippen molar-refractivity contribution in [3.8, 4) is 0 Å². The van der Waals surface area contributed by atoms with E-state index in [9.17, 15) is 4.79 Å². The number of aromatic nitrogens is 1. The maximum Gasteiger partial charge on any atom is 0.131 e. The topological polar surface area (TPSA) is 42.0 Å². The number of benzene rings is 1. The number of carbonyl (C=O) groups excluding carboxylic acids is 1. The fourth-order valence-electron chi connectivity index (χ4n) is 1.62. The second-order valence-corrected chi connectivity index (χ2v) is 3.76. The van der Waals surface area contributed by atoms with E-state index < -0.39 is 0 Å². The molecule has 3 nitrogen and oxygen atoms in total. The lowest BCUT2D eigenvalue weighted by Gasteiger charge is -2.07. The van der Waals surface area contributed by atoms with Crippen molar-refractivity contribution in [2.24, 2.45) is 0 Å². The van der Waals surface area contributed by atoms with Gasteiger partial charge in [-0.1, -0.05) is 18.2 Å². The lowest BCUT2D eigenvalue weighted by molar-refractivity contribution is -0.116. The summed E-state index contributed by atoms with van der Waals surface area (Å²) >= 11 is 0. The van der Waals surface area contributed by atoms with Crippen molar-refractivity contribution >= 4 is 22.4 Å². The summed E-state index contributed by atoms with van der Waals surface area (Å²) in [5.41, 5.74) is 1.94. The molecule has 3 heteroatoms. The highest BCUT2D eigenvalue weighted by molar-refractivity contribution is 5.90. The Morgan fingerprint density at radius 1 is 1.31 bits per heavy atom. The Morgan fingerprint density at radius 3 is 2.94 bits per heavy atom. The molecule has 0 unspecified atom stereocenters. The van der Waals surface area contributed by atoms with Gasteiger partial charge in [0.2, 0.25) is 0 Å². The lowest BCUT2D eigenvalue weighted by atomic mass is 10.2. The van der Waals surface area contributed by atoms with Crippen LogP contribution in [-0.2, 0) is 4.79 Å². The van der Waals surface area contributed by atoms with Crippen molar-refractivity contribution in [2.45, 2.75) is 13.3 Å². The third kappa shape index (κ3) is 2.37. The van der Waals surface area contributed by atoms with E-state index in [1.165, 1.54) is 0 Å². The molecule has 1 aromatic carbocycles. The molecule has 0 atom stereocenters. The minimum Gasteiger partial charge on any atom is -0.383 e. The van der Waals surface area contributed by atoms with E-state index in [0.29, 0.717) is 13.0 Å². The molecule has 2 rings (SSSR count). The van der Waals surface area contributed by atoms with Crippen molar-refractivity contribution in [1.29, 1.82) is 0 Å². The van der Waals surface area contributed by atoms with Crippen LogP contribution in [0.1, 0.15) is 13.3 Å². The number of para-hydroxylation sites is 1. The predicted octanol–water partition coefficient (Wildman–Crippen LogP) is 2.63. The molecule has 82 valence electrons. The number of hydrogen-bond acceptors (Lipinski definition) is 3. The summed E-state index contributed by atoms with van der Waals surface area (Å²) in [7, 11) is 0. The van der Waals surface area contributed by atoms with Gasteiger partial charge in [0.25, 0.3) is 0 Å². The summed E-state index contributed by atoms with van der Waals surface area (Å²) in [5.74, 6) is 0.195. The molecule has 0 aliphatic carbocycles. The SMILES string of the molecule is CC(=O)CCNc1cccc2cccnc12. The third-order valence-corrected chi connectivity index (χ3v) is 2.43. The molecule has 0 aliphatic rings. The number of anilines is 1. The number of nitrogens with one attached hydrogen (secondary N) is 1. The monoisotopic (exact) mass is 214 g/mol. The Hall–Kier alpha value is -1.90. The van der Waals surface area contributed by atoms with E-state index in [2.05, 4.69) is 10.3 Å². The van der Waals surface area contributed by atoms with Gasteiger partial charge in [0.05, 0.1) is 11.2 Å². The number of nitrogens with zero attached hydrogens (tertiary/aromatic N) is 1. The molecule has 0 bridgehead atoms. The number of rotatable bonds is 4. The smallest absolute Gasteiger partial charge is 0.131 e. The molecule has 2 aromatic rings. The standard InChI is InChI=1S/C13H14N2O/c1-10(16)7-9-14-12-6-2-4-11-5-3-8-15-13(11)12/h2-6,8,14H,7,9H2,1H3. The van der Waals surface area contributed by atoms with Crippen molar-refractivity contribution < 1.29 is 4.79 Å². The molecule has 0 spiro atoms. The highest BCUT2D eigenvalue weighted by Crippen LogP contribution is 2.20. The Kier molecular flexibility index (Phi) is 3.15. The second kappa shape index (κ2) is 4.75. The number of fused-ring (bicyclic) bond motifs is 1. The van der Waals surface area contributed by atoms with Gasteiger partial charge in [-0.2, -0.15) is 0 Å². The van der Waals surface area contributed by atoms with Gasteiger partial charge in [-0.3, -0.25) is 9.78 Å². The predicted molar refractivity (Wildman–Crippen MR) is 65.5 cm³/mol. The van der Waals surface area contributed by atoms with Crippen LogP contribution in [0, 0.1) is 0 Å². The molecule has 0 radical (unpaired) electrons. The third-order valence-electron chi connectivity index (χ3n) is 2.43. The molecule has 16 heavy (non-hydrogen) atoms. The number of pyridine rings is 1. The van der Waals surface area contributed by atoms with Gasteiger partial charge >= 0.3 is 0 Å². The van der Waals surface area contributed by atoms with E-state index in [0.717, 1.165) is 16.6 Å². The highest BCUT2D eigenvalue weighted by atomic mass is 16.1. The summed E-state index contributed by atoms with van der Waals surface area (Å²) in [4.78, 5) is 15.2. The maximum absolute atomic E-state index is 10.8. The molecule has 0 saturated carbocycles. The highest BCUT2D eigenvalue weighted by Gasteiger charge is 2.00. The van der Waals surface area contributed by atoms with Crippen LogP contribution in [0.3, 0.4) is 0 Å². The van der Waals surface area contributed by atoms with Crippen LogP contribution in [-0.4, -0.2) is 17.3 Å². The first-order valence-electron chi connectivity index (χ1n) is 5.34. The Bertz CT molecular complexity index is 503. The minimum atomic E-state index is 0.195. The molecule has 0 saturated heterocycles. The number of ketones is 1. The minimum absolute atomic E-state index is 0.195. The number of hydrogen-bond donors (Lipinski definition) is 1. The van der Waals surface area contributed by atoms with Crippen LogP contribution in [0.2, 0.25) is 0 Å². The summed E-state index contributed by atoms with van der Waals surface area (Å²) in [6.45, 7) is 2.26. The summed E-state index contributed by atoms with van der Waals surface area (Å²) in [6.07, 6.45) is 2.32. The fourth-order valence-corrected chi connectivity index (χ4v) is 1.62. The first kappa shape index (κ1) is 10.6. The Labute approximate surface area is 94.5 Å². The zero-order chi connectivity index (χ0) is 11.4. The molecule has 0 aliphatic heterocycles. The Morgan fingerprint density at radius 2 is 2.12 bits per heavy atom. The lowest BCUT2D eigenvalue weighted by Crippen LogP contribution is -2.06. The van der Waals surface area contributed by atoms with E-state index in [1.807, 2.05) is 30.3 Å². The quantitative estimate of drug-likeness (QED) is 0.850. The van der Waals surface area contributed by atoms with Crippen molar-refractivity contribution in [3.63, 3.8) is 0 Å². The van der Waals surface area contributed by atoms with Crippen LogP contribution in [0.25, 0.3) is 10.9 Å². The zero-order valence-electron chi connectivity index (χ0n) is 9.23. The van der Waals surface area contributed by atoms with Crippen molar-refractivity contribution in [3.05, 3.63) is 36.5 Å². The molecule has 1 N–H and O–H groups in total. The summed E-state index contributed by atoms with van der Waals surface area (Å²) in [5, 5.41) is 4.34. The average Bonchev–Trinajstić information content (AvgIpc) is 2.29. The van der Waals surface area contributed by atoms with Gasteiger partial charge in [-0.05, 0) is 19.1 Å². The largest absolute Gasteiger partial charge is 0.383 e. The van der Waals surface area contributed by atoms with E-state index in [1.54, 1.807) is 13.1 Å². The molecule has 0 amide bonds. The normalized spacial score (nSPS) is 10.3. The van der Waals surface area contributed by atoms with Gasteiger partial charge < -0.3 is 5.32 Å². The second-order valence-electron chi connectivity index (χ2n) is 3.76. The molecular formula is C13H14N2O. The van der Waals surface area contributed by atoms with Gasteiger partial charge in [-0.25, -0.2) is 0 Å². The van der Waals surface area contributed by atoms with Crippen LogP contribution >= 0.6 is 0 Å². The summed E-state index contributed by atoms with van der Waals surface area (Å²) in [6, 6.07) is 9.94. The van der Waals surface area contributed by atoms with Crippen LogP contribution in [0.5, 0.6) is 0 Å². The van der Waals surface area contributed by atoms with Crippen LogP contribution in [0.15, 0.2) is 36.5 Å². The summed E-state index contributed by atoms with van der Waals surface area (Å²) < 4.78 is 0. The molecule has 1 heterocycles. The first-order valence-corrected chi connectivity index (χ1v) is 5.34. The maximum atomic E-state index is 10.8. The number of Topliss-reactive ketones (excluding diaryl/α,β-unsaturated/α-hetero) is 1. The molecular weight excluding hydrogens is 200 g/mol. The van der Waals surface area contributed by atoms with E-state index in [-0.39, 0.29) is 5.78 Å². The van der Waals surface area contributed by atoms with E-state index >= 15 is 0 Å². The first-order chi connectivity index (χ1) is 7.77. The van der Waals surface area contributed by atoms with E-state index in [4.69, 9.17) is 0 Å². The van der Waals surface area contributed by atoms with Gasteiger partial charge in [0, 0.05) is 24.5 Å². The van der Waals surface area contributed by atoms with Crippen LogP contribution < -0.4 is 5.32 Å². The van der Waals surface area contributed by atoms with Crippen molar-refractivity contribution in [1.82, 2.24) is 4.98 Å². The van der Waals surface area contributed by atoms with Gasteiger partial charge in [0.15, 0.2) is 0 Å². The molecule has 0 fully saturated rings. The average molecular weight is 214 g/mol. The fraction of sp³-hybridized carbons (Fsp3) is 0.231. The van der Waals surface area contributed by atoms with Crippen LogP contribution in [0.4, 0.5) is 5.69 Å². The van der Waals surface area contributed by atoms with Gasteiger partial charge in [0.1, 0.15) is 5.78 Å².